The Morgan fingerprint density at radius 1 is 1.53 bits per heavy atom. The first-order valence-electron chi connectivity index (χ1n) is 5.35. The van der Waals surface area contributed by atoms with Crippen LogP contribution >= 0.6 is 15.9 Å². The van der Waals surface area contributed by atoms with Crippen molar-refractivity contribution in [3.63, 3.8) is 0 Å². The molecule has 2 nitrogen and oxygen atoms in total. The summed E-state index contributed by atoms with van der Waals surface area (Å²) in [6.45, 7) is 2.62. The van der Waals surface area contributed by atoms with Crippen LogP contribution in [0.2, 0.25) is 0 Å². The summed E-state index contributed by atoms with van der Waals surface area (Å²) in [5, 5.41) is 9.90. The van der Waals surface area contributed by atoms with Gasteiger partial charge in [-0.1, -0.05) is 15.9 Å². The second-order valence-electron chi connectivity index (χ2n) is 3.81. The van der Waals surface area contributed by atoms with Crippen molar-refractivity contribution in [3.8, 4) is 5.75 Å². The summed E-state index contributed by atoms with van der Waals surface area (Å²) < 4.78 is 6.52. The number of benzene rings is 1. The van der Waals surface area contributed by atoms with Gasteiger partial charge in [-0.15, -0.1) is 0 Å². The molecule has 1 aromatic carbocycles. The van der Waals surface area contributed by atoms with E-state index in [1.54, 1.807) is 0 Å². The van der Waals surface area contributed by atoms with Crippen molar-refractivity contribution < 1.29 is 9.84 Å². The van der Waals surface area contributed by atoms with E-state index in [9.17, 15) is 5.11 Å². The minimum Gasteiger partial charge on any atom is -0.494 e. The highest BCUT2D eigenvalue weighted by molar-refractivity contribution is 9.10. The molecule has 1 aliphatic carbocycles. The van der Waals surface area contributed by atoms with E-state index in [-0.39, 0.29) is 6.10 Å². The lowest BCUT2D eigenvalue weighted by atomic mass is 9.89. The number of hydrogen-bond donors (Lipinski definition) is 1. The van der Waals surface area contributed by atoms with Gasteiger partial charge in [0.1, 0.15) is 5.75 Å². The summed E-state index contributed by atoms with van der Waals surface area (Å²) in [6, 6.07) is 3.95. The van der Waals surface area contributed by atoms with Gasteiger partial charge in [-0.3, -0.25) is 0 Å². The lowest BCUT2D eigenvalue weighted by molar-refractivity contribution is 0.156. The van der Waals surface area contributed by atoms with Gasteiger partial charge in [0.15, 0.2) is 0 Å². The van der Waals surface area contributed by atoms with E-state index < -0.39 is 0 Å². The first-order valence-corrected chi connectivity index (χ1v) is 6.15. The Hall–Kier alpha value is -0.540. The number of rotatable bonds is 2. The van der Waals surface area contributed by atoms with Crippen LogP contribution in [0.5, 0.6) is 5.75 Å². The molecular weight excluding hydrogens is 256 g/mol. The van der Waals surface area contributed by atoms with Gasteiger partial charge in [-0.25, -0.2) is 0 Å². The molecule has 15 heavy (non-hydrogen) atoms. The molecule has 1 N–H and O–H groups in total. The molecule has 0 saturated carbocycles. The number of halogens is 1. The molecule has 82 valence electrons. The molecule has 0 aliphatic heterocycles. The standard InChI is InChI=1S/C12H15BrO2/c1-2-15-8-6-10-9(11(13)7-8)4-3-5-12(10)14/h6-7,12,14H,2-5H2,1H3/t12-/m1/s1. The number of aliphatic hydroxyl groups excluding tert-OH is 1. The summed E-state index contributed by atoms with van der Waals surface area (Å²) in [5.74, 6) is 0.837. The van der Waals surface area contributed by atoms with Crippen molar-refractivity contribution in [2.24, 2.45) is 0 Å². The largest absolute Gasteiger partial charge is 0.494 e. The van der Waals surface area contributed by atoms with Crippen LogP contribution in [0.1, 0.15) is 37.0 Å². The zero-order valence-electron chi connectivity index (χ0n) is 8.79. The maximum Gasteiger partial charge on any atom is 0.120 e. The molecule has 0 bridgehead atoms. The molecule has 0 fully saturated rings. The van der Waals surface area contributed by atoms with Crippen LogP contribution in [0.4, 0.5) is 0 Å². The Balaban J connectivity index is 2.42. The van der Waals surface area contributed by atoms with Gasteiger partial charge < -0.3 is 9.84 Å². The quantitative estimate of drug-likeness (QED) is 0.894. The van der Waals surface area contributed by atoms with E-state index >= 15 is 0 Å². The highest BCUT2D eigenvalue weighted by Gasteiger charge is 2.20. The van der Waals surface area contributed by atoms with E-state index in [0.717, 1.165) is 35.0 Å². The van der Waals surface area contributed by atoms with Crippen molar-refractivity contribution in [2.75, 3.05) is 6.61 Å². The van der Waals surface area contributed by atoms with Crippen LogP contribution in [-0.2, 0) is 6.42 Å². The lowest BCUT2D eigenvalue weighted by Gasteiger charge is -2.23. The predicted molar refractivity (Wildman–Crippen MR) is 63.2 cm³/mol. The van der Waals surface area contributed by atoms with Crippen LogP contribution in [0.25, 0.3) is 0 Å². The topological polar surface area (TPSA) is 29.5 Å². The summed E-state index contributed by atoms with van der Waals surface area (Å²) in [6.07, 6.45) is 2.63. The van der Waals surface area contributed by atoms with Crippen LogP contribution in [0.3, 0.4) is 0 Å². The van der Waals surface area contributed by atoms with Crippen LogP contribution < -0.4 is 4.74 Å². The zero-order valence-corrected chi connectivity index (χ0v) is 10.4. The molecule has 0 radical (unpaired) electrons. The van der Waals surface area contributed by atoms with E-state index in [1.807, 2.05) is 19.1 Å². The monoisotopic (exact) mass is 270 g/mol. The van der Waals surface area contributed by atoms with Crippen LogP contribution in [0, 0.1) is 0 Å². The van der Waals surface area contributed by atoms with Crippen molar-refractivity contribution in [1.29, 1.82) is 0 Å². The molecule has 0 heterocycles. The van der Waals surface area contributed by atoms with E-state index in [2.05, 4.69) is 15.9 Å². The Kier molecular flexibility index (Phi) is 3.32. The fourth-order valence-corrected chi connectivity index (χ4v) is 2.72. The molecule has 0 spiro atoms. The molecular formula is C12H15BrO2. The molecule has 3 heteroatoms. The highest BCUT2D eigenvalue weighted by atomic mass is 79.9. The average Bonchev–Trinajstić information content (AvgIpc) is 2.20. The van der Waals surface area contributed by atoms with Gasteiger partial charge in [0, 0.05) is 4.47 Å². The van der Waals surface area contributed by atoms with Crippen LogP contribution in [-0.4, -0.2) is 11.7 Å². The van der Waals surface area contributed by atoms with Crippen molar-refractivity contribution >= 4 is 15.9 Å². The Morgan fingerprint density at radius 3 is 3.07 bits per heavy atom. The van der Waals surface area contributed by atoms with Crippen molar-refractivity contribution in [3.05, 3.63) is 27.7 Å². The average molecular weight is 271 g/mol. The SMILES string of the molecule is CCOc1cc(Br)c2c(c1)[C@H](O)CCC2. The number of hydrogen-bond acceptors (Lipinski definition) is 2. The first kappa shape index (κ1) is 11.0. The minimum absolute atomic E-state index is 0.328. The van der Waals surface area contributed by atoms with Gasteiger partial charge in [-0.2, -0.15) is 0 Å². The first-order chi connectivity index (χ1) is 7.22. The number of aliphatic hydroxyl groups is 1. The van der Waals surface area contributed by atoms with Gasteiger partial charge in [0.05, 0.1) is 12.7 Å². The molecule has 1 atom stereocenters. The van der Waals surface area contributed by atoms with Crippen molar-refractivity contribution in [1.82, 2.24) is 0 Å². The second kappa shape index (κ2) is 4.54. The maximum atomic E-state index is 9.90. The maximum absolute atomic E-state index is 9.90. The molecule has 0 saturated heterocycles. The third-order valence-electron chi connectivity index (χ3n) is 2.78. The van der Waals surface area contributed by atoms with Crippen molar-refractivity contribution in [2.45, 2.75) is 32.3 Å². The van der Waals surface area contributed by atoms with E-state index in [0.29, 0.717) is 6.61 Å². The Labute approximate surface area is 98.4 Å². The van der Waals surface area contributed by atoms with E-state index in [1.165, 1.54) is 5.56 Å². The Bertz CT molecular complexity index is 363. The van der Waals surface area contributed by atoms with Gasteiger partial charge in [-0.05, 0) is 49.4 Å². The number of fused-ring (bicyclic) bond motifs is 1. The predicted octanol–water partition coefficient (Wildman–Crippen LogP) is 3.22. The number of ether oxygens (including phenoxy) is 1. The fraction of sp³-hybridized carbons (Fsp3) is 0.500. The molecule has 0 unspecified atom stereocenters. The summed E-state index contributed by atoms with van der Waals surface area (Å²) in [7, 11) is 0. The van der Waals surface area contributed by atoms with Gasteiger partial charge in [0.2, 0.25) is 0 Å². The lowest BCUT2D eigenvalue weighted by Crippen LogP contribution is -2.10. The fourth-order valence-electron chi connectivity index (χ4n) is 2.07. The molecule has 0 aromatic heterocycles. The smallest absolute Gasteiger partial charge is 0.120 e. The molecule has 2 rings (SSSR count). The van der Waals surface area contributed by atoms with Gasteiger partial charge >= 0.3 is 0 Å². The molecule has 1 aliphatic rings. The van der Waals surface area contributed by atoms with E-state index in [4.69, 9.17) is 4.74 Å². The van der Waals surface area contributed by atoms with Gasteiger partial charge in [0.25, 0.3) is 0 Å². The Morgan fingerprint density at radius 2 is 2.33 bits per heavy atom. The highest BCUT2D eigenvalue weighted by Crippen LogP contribution is 2.37. The summed E-state index contributed by atoms with van der Waals surface area (Å²) in [5.41, 5.74) is 2.26. The second-order valence-corrected chi connectivity index (χ2v) is 4.67. The minimum atomic E-state index is -0.328. The summed E-state index contributed by atoms with van der Waals surface area (Å²) >= 11 is 3.54. The summed E-state index contributed by atoms with van der Waals surface area (Å²) in [4.78, 5) is 0. The molecule has 0 amide bonds. The zero-order chi connectivity index (χ0) is 10.8. The van der Waals surface area contributed by atoms with Crippen LogP contribution in [0.15, 0.2) is 16.6 Å². The third kappa shape index (κ3) is 2.18. The third-order valence-corrected chi connectivity index (χ3v) is 3.49. The molecule has 1 aromatic rings. The normalized spacial score (nSPS) is 19.8.